The Balaban J connectivity index is 1.07. The van der Waals surface area contributed by atoms with E-state index < -0.39 is 181 Å². The van der Waals surface area contributed by atoms with Crippen LogP contribution in [-0.4, -0.2) is 286 Å². The molecule has 4 aliphatic rings. The van der Waals surface area contributed by atoms with Crippen molar-refractivity contribution in [1.29, 1.82) is 0 Å². The SMILES string of the molecule is CC[C@H](C)[C@@H]1CC(=O)CNC(=O)[C@H]2CC(=O)[C@H]([C@@H](C)[C@@H](O)CO)NC(=O)[C@@H]3C[C@@H](O)CN3C(=O)[C@H](CC(N)=O)NC(=O)C(CS(=O)c3[nH]c4c(CSCCOCCOCCOCCOCCOCCOCCOCCN/C=C(\N)CN5C(=O)CC(C)C5=O)c(OC)ccc4c3C2)NC(=O)CNC1=O. The second kappa shape index (κ2) is 43.9. The number of ketones is 2. The predicted octanol–water partition coefficient (Wildman–Crippen LogP) is -3.30. The highest BCUT2D eigenvalue weighted by atomic mass is 32.2. The molecule has 3 unspecified atom stereocenters. The molecule has 0 radical (unpaired) electrons. The Morgan fingerprint density at radius 2 is 1.38 bits per heavy atom. The van der Waals surface area contributed by atoms with Gasteiger partial charge in [-0.1, -0.05) is 34.1 Å². The van der Waals surface area contributed by atoms with Gasteiger partial charge in [0.15, 0.2) is 11.6 Å². The molecule has 36 heteroatoms. The van der Waals surface area contributed by atoms with Crippen molar-refractivity contribution in [2.45, 2.75) is 120 Å². The lowest BCUT2D eigenvalue weighted by Crippen LogP contribution is -2.60. The van der Waals surface area contributed by atoms with Gasteiger partial charge in [-0.2, -0.15) is 11.8 Å². The van der Waals surface area contributed by atoms with Gasteiger partial charge < -0.3 is 106 Å². The molecule has 6 rings (SSSR count). The summed E-state index contributed by atoms with van der Waals surface area (Å²) in [6.45, 7) is 9.29. The smallest absolute Gasteiger partial charge is 0.246 e. The van der Waals surface area contributed by atoms with Gasteiger partial charge in [0.1, 0.15) is 28.9 Å². The predicted molar refractivity (Wildman–Crippen MR) is 372 cm³/mol. The van der Waals surface area contributed by atoms with Crippen LogP contribution in [0.1, 0.15) is 77.3 Å². The number of carbonyl (C=O) groups excluding carboxylic acids is 11. The summed E-state index contributed by atoms with van der Waals surface area (Å²) in [5.41, 5.74) is 13.0. The normalized spacial score (nSPS) is 24.1. The number of aromatic nitrogens is 1. The van der Waals surface area contributed by atoms with Crippen LogP contribution in [0.15, 0.2) is 29.1 Å². The molecule has 103 heavy (non-hydrogen) atoms. The summed E-state index contributed by atoms with van der Waals surface area (Å²) >= 11 is 1.45. The number of H-pyrrole nitrogens is 1. The number of nitrogens with two attached hydrogens (primary N) is 2. The number of carbonyl (C=O) groups is 11. The number of methoxy groups -OCH3 is 1. The number of benzene rings is 1. The summed E-state index contributed by atoms with van der Waals surface area (Å²) in [5.74, 6) is -12.9. The highest BCUT2D eigenvalue weighted by Crippen LogP contribution is 2.37. The highest BCUT2D eigenvalue weighted by Gasteiger charge is 2.45. The third-order valence-electron chi connectivity index (χ3n) is 18.0. The lowest BCUT2D eigenvalue weighted by molar-refractivity contribution is -0.144. The van der Waals surface area contributed by atoms with Gasteiger partial charge in [-0.25, -0.2) is 0 Å². The van der Waals surface area contributed by atoms with Gasteiger partial charge in [-0.3, -0.25) is 61.8 Å². The van der Waals surface area contributed by atoms with Crippen molar-refractivity contribution in [1.82, 2.24) is 46.7 Å². The van der Waals surface area contributed by atoms with Crippen molar-refractivity contribution in [3.8, 4) is 5.75 Å². The van der Waals surface area contributed by atoms with Crippen molar-refractivity contribution >= 4 is 98.2 Å². The zero-order chi connectivity index (χ0) is 75.1. The highest BCUT2D eigenvalue weighted by molar-refractivity contribution is 7.98. The number of aliphatic hydroxyl groups is 3. The molecule has 0 aliphatic carbocycles. The molecule has 4 aliphatic heterocycles. The lowest BCUT2D eigenvalue weighted by atomic mass is 9.85. The van der Waals surface area contributed by atoms with Crippen LogP contribution in [0.2, 0.25) is 0 Å². The summed E-state index contributed by atoms with van der Waals surface area (Å²) in [4.78, 5) is 157. The molecular weight excluding hydrogens is 1390 g/mol. The number of imide groups is 1. The lowest BCUT2D eigenvalue weighted by Gasteiger charge is -2.32. The van der Waals surface area contributed by atoms with E-state index in [-0.39, 0.29) is 66.7 Å². The maximum atomic E-state index is 15.4. The average Bonchev–Trinajstić information content (AvgIpc) is 1.63. The van der Waals surface area contributed by atoms with Gasteiger partial charge in [0, 0.05) is 96.8 Å². The zero-order valence-corrected chi connectivity index (χ0v) is 60.8. The number of ether oxygens (including phenoxy) is 8. The summed E-state index contributed by atoms with van der Waals surface area (Å²) in [7, 11) is -0.964. The third-order valence-corrected chi connectivity index (χ3v) is 20.4. The molecule has 1 aromatic carbocycles. The number of aliphatic hydroxyl groups excluding tert-OH is 3. The number of rotatable bonds is 37. The van der Waals surface area contributed by atoms with Crippen LogP contribution in [0, 0.1) is 29.6 Å². The van der Waals surface area contributed by atoms with E-state index in [1.165, 1.54) is 30.7 Å². The Morgan fingerprint density at radius 3 is 1.96 bits per heavy atom. The van der Waals surface area contributed by atoms with E-state index in [1.54, 1.807) is 39.1 Å². The first-order chi connectivity index (χ1) is 49.4. The van der Waals surface area contributed by atoms with Crippen molar-refractivity contribution < 1.29 is 110 Å². The Morgan fingerprint density at radius 1 is 0.767 bits per heavy atom. The van der Waals surface area contributed by atoms with Gasteiger partial charge in [0.05, 0.1) is 173 Å². The molecule has 2 aromatic rings. The molecule has 9 amide bonds. The van der Waals surface area contributed by atoms with Gasteiger partial charge in [0.2, 0.25) is 53.2 Å². The number of amides is 9. The molecule has 2 saturated heterocycles. The number of nitrogens with zero attached hydrogens (tertiary/aromatic N) is 2. The Labute approximate surface area is 604 Å². The van der Waals surface area contributed by atoms with E-state index in [2.05, 4.69) is 36.9 Å². The minimum absolute atomic E-state index is 0.0551. The number of fused-ring (bicyclic) bond motifs is 5. The topological polar surface area (TPSA) is 486 Å². The van der Waals surface area contributed by atoms with Crippen LogP contribution < -0.4 is 48.1 Å². The van der Waals surface area contributed by atoms with Crippen LogP contribution >= 0.6 is 11.8 Å². The molecule has 12 atom stereocenters. The maximum Gasteiger partial charge on any atom is 0.246 e. The fourth-order valence-electron chi connectivity index (χ4n) is 12.0. The number of Topliss-reactive ketones (excluding diaryl/α,β-unsaturated/α-hetero) is 2. The van der Waals surface area contributed by atoms with Crippen LogP contribution in [0.4, 0.5) is 0 Å². The monoisotopic (exact) mass is 1490 g/mol. The number of aromatic amines is 1. The summed E-state index contributed by atoms with van der Waals surface area (Å²) < 4.78 is 60.5. The Bertz CT molecular complexity index is 3270. The molecule has 2 fully saturated rings. The number of primary amides is 1. The van der Waals surface area contributed by atoms with Gasteiger partial charge in [-0.15, -0.1) is 0 Å². The van der Waals surface area contributed by atoms with Crippen molar-refractivity contribution in [2.75, 3.05) is 150 Å². The Kier molecular flexibility index (Phi) is 36.1. The van der Waals surface area contributed by atoms with E-state index in [9.17, 15) is 63.3 Å². The van der Waals surface area contributed by atoms with Gasteiger partial charge in [-0.05, 0) is 30.0 Å². The fourth-order valence-corrected chi connectivity index (χ4v) is 14.3. The summed E-state index contributed by atoms with van der Waals surface area (Å²) in [6, 6.07) is -3.66. The number of hydrogen-bond donors (Lipinski definition) is 12. The summed E-state index contributed by atoms with van der Waals surface area (Å²) in [5, 5.41) is 48.0. The molecule has 14 N–H and O–H groups in total. The van der Waals surface area contributed by atoms with Crippen LogP contribution in [0.3, 0.4) is 0 Å². The first-order valence-electron chi connectivity index (χ1n) is 34.7. The molecule has 0 saturated carbocycles. The maximum absolute atomic E-state index is 15.4. The summed E-state index contributed by atoms with van der Waals surface area (Å²) in [6.07, 6.45) is -3.61. The standard InChI is InChI=1S/C67H103N11O23S2/c1-6-39(2)47-28-44(80)32-71-61(87)42-26-48-46-7-8-55(94-5)49(37-102-24-23-101-22-21-100-20-19-99-18-17-98-16-15-97-14-13-96-12-11-95-10-9-70-31-43(68)34-78-58(86)25-40(3)66(78)91)60(46)76-65(48)103(93)38-51(73-57(85)33-72-62(47)88)63(89)74-50(30-56(69)84)67(92)77-35-45(81)29-52(77)64(90)75-59(53(82)27-42)41(4)54(83)36-79/h7-8,31,39-42,45,47,50-52,54,59,70,76,79,81,83H,6,9-30,32-38,68H2,1-5H3,(H2,69,84)(H,71,87)(H,72,88)(H,73,85)(H,74,89)(H,75,90)/b43-31-/t39-,40?,41-,42+,45+,47-,50-,51?,52-,54-,59-,103?/m0/s1. The van der Waals surface area contributed by atoms with Crippen LogP contribution in [0.25, 0.3) is 10.9 Å². The quantitative estimate of drug-likeness (QED) is 0.0233. The number of thioether (sulfide) groups is 1. The van der Waals surface area contributed by atoms with Crippen LogP contribution in [-0.2, 0) is 109 Å². The zero-order valence-electron chi connectivity index (χ0n) is 59.2. The molecule has 0 spiro atoms. The Hall–Kier alpha value is -7.23. The van der Waals surface area contributed by atoms with Gasteiger partial charge >= 0.3 is 0 Å². The molecule has 5 heterocycles. The molecule has 2 bridgehead atoms. The molecular formula is C67H103N11O23S2. The largest absolute Gasteiger partial charge is 0.496 e. The van der Waals surface area contributed by atoms with E-state index in [4.69, 9.17) is 49.4 Å². The second-order valence-corrected chi connectivity index (χ2v) is 28.2. The van der Waals surface area contributed by atoms with E-state index >= 15 is 9.00 Å². The number of hydrogen-bond acceptors (Lipinski definition) is 26. The van der Waals surface area contributed by atoms with Gasteiger partial charge in [0.25, 0.3) is 0 Å². The van der Waals surface area contributed by atoms with Crippen molar-refractivity contribution in [2.24, 2.45) is 41.1 Å². The average molecular weight is 1490 g/mol. The van der Waals surface area contributed by atoms with E-state index in [1.807, 2.05) is 0 Å². The van der Waals surface area contributed by atoms with Crippen molar-refractivity contribution in [3.05, 3.63) is 35.2 Å². The van der Waals surface area contributed by atoms with Crippen molar-refractivity contribution in [3.63, 3.8) is 0 Å². The fraction of sp³-hybridized carbons (Fsp3) is 0.687. The van der Waals surface area contributed by atoms with Crippen LogP contribution in [0.5, 0.6) is 5.75 Å². The van der Waals surface area contributed by atoms with E-state index in [0.717, 1.165) is 4.90 Å². The molecule has 1 aromatic heterocycles. The molecule has 576 valence electrons. The molecule has 34 nitrogen and oxygen atoms in total. The first kappa shape index (κ1) is 84.7. The first-order valence-corrected chi connectivity index (χ1v) is 37.1. The minimum Gasteiger partial charge on any atom is -0.496 e. The number of nitrogens with one attached hydrogen (secondary N) is 7. The van der Waals surface area contributed by atoms with E-state index in [0.29, 0.717) is 126 Å². The number of likely N-dealkylation sites (tertiary alicyclic amines) is 1. The second-order valence-electron chi connectivity index (χ2n) is 25.6. The minimum atomic E-state index is -2.41. The third kappa shape index (κ3) is 26.4.